The van der Waals surface area contributed by atoms with Gasteiger partial charge >= 0.3 is 5.97 Å². The molecule has 0 bridgehead atoms. The average molecular weight is 366 g/mol. The van der Waals surface area contributed by atoms with Crippen LogP contribution in [0, 0.1) is 18.3 Å². The molecule has 1 aromatic heterocycles. The number of carbonyl (C=O) groups is 2. The van der Waals surface area contributed by atoms with Crippen molar-refractivity contribution in [3.8, 4) is 11.8 Å². The van der Waals surface area contributed by atoms with Crippen LogP contribution in [0.1, 0.15) is 48.2 Å². The third-order valence-corrected chi connectivity index (χ3v) is 4.81. The summed E-state index contributed by atoms with van der Waals surface area (Å²) in [6.07, 6.45) is 5.87. The Hall–Kier alpha value is -3.14. The quantitative estimate of drug-likeness (QED) is 0.821. The van der Waals surface area contributed by atoms with Crippen LogP contribution in [0.3, 0.4) is 0 Å². The van der Waals surface area contributed by atoms with E-state index in [1.54, 1.807) is 35.1 Å². The normalized spacial score (nSPS) is 15.6. The first-order valence-corrected chi connectivity index (χ1v) is 9.03. The van der Waals surface area contributed by atoms with Crippen LogP contribution < -0.4 is 5.32 Å². The molecule has 1 heterocycles. The highest BCUT2D eigenvalue weighted by Gasteiger charge is 2.33. The van der Waals surface area contributed by atoms with E-state index in [2.05, 4.69) is 16.5 Å². The number of esters is 1. The van der Waals surface area contributed by atoms with Crippen LogP contribution in [0.2, 0.25) is 0 Å². The number of ether oxygens (including phenoxy) is 1. The van der Waals surface area contributed by atoms with Crippen molar-refractivity contribution in [1.29, 1.82) is 5.26 Å². The van der Waals surface area contributed by atoms with Crippen LogP contribution in [0.15, 0.2) is 36.5 Å². The van der Waals surface area contributed by atoms with E-state index in [4.69, 9.17) is 4.74 Å². The molecule has 1 N–H and O–H groups in total. The number of nitrogens with one attached hydrogen (secondary N) is 1. The van der Waals surface area contributed by atoms with Gasteiger partial charge in [0.15, 0.2) is 6.61 Å². The molecule has 140 valence electrons. The summed E-state index contributed by atoms with van der Waals surface area (Å²) in [5.41, 5.74) is 1.34. The van der Waals surface area contributed by atoms with E-state index in [0.29, 0.717) is 18.4 Å². The van der Waals surface area contributed by atoms with E-state index >= 15 is 0 Å². The van der Waals surface area contributed by atoms with Gasteiger partial charge in [-0.1, -0.05) is 19.3 Å². The fourth-order valence-electron chi connectivity index (χ4n) is 3.32. The summed E-state index contributed by atoms with van der Waals surface area (Å²) < 4.78 is 6.85. The van der Waals surface area contributed by atoms with Gasteiger partial charge in [0.2, 0.25) is 0 Å². The summed E-state index contributed by atoms with van der Waals surface area (Å²) in [7, 11) is 0. The van der Waals surface area contributed by atoms with Gasteiger partial charge in [0.1, 0.15) is 5.54 Å². The van der Waals surface area contributed by atoms with Gasteiger partial charge in [0.25, 0.3) is 5.91 Å². The molecular formula is C20H22N4O3. The minimum atomic E-state index is -0.828. The molecule has 0 spiro atoms. The topological polar surface area (TPSA) is 97.0 Å². The summed E-state index contributed by atoms with van der Waals surface area (Å²) in [5.74, 6) is -1.03. The van der Waals surface area contributed by atoms with Crippen LogP contribution in [0.25, 0.3) is 5.69 Å². The van der Waals surface area contributed by atoms with Gasteiger partial charge in [-0.15, -0.1) is 0 Å². The zero-order valence-corrected chi connectivity index (χ0v) is 15.3. The zero-order valence-electron chi connectivity index (χ0n) is 15.3. The molecule has 1 saturated carbocycles. The number of nitriles is 1. The maximum absolute atomic E-state index is 12.2. The molecular weight excluding hydrogens is 344 g/mol. The lowest BCUT2D eigenvalue weighted by atomic mass is 9.83. The van der Waals surface area contributed by atoms with Crippen molar-refractivity contribution in [2.75, 3.05) is 6.61 Å². The van der Waals surface area contributed by atoms with Gasteiger partial charge in [-0.2, -0.15) is 10.4 Å². The van der Waals surface area contributed by atoms with Crippen molar-refractivity contribution in [2.45, 2.75) is 44.6 Å². The Bertz CT molecular complexity index is 858. The third-order valence-electron chi connectivity index (χ3n) is 4.81. The Morgan fingerprint density at radius 2 is 1.93 bits per heavy atom. The van der Waals surface area contributed by atoms with E-state index in [9.17, 15) is 14.9 Å². The maximum Gasteiger partial charge on any atom is 0.338 e. The highest BCUT2D eigenvalue weighted by Crippen LogP contribution is 2.27. The average Bonchev–Trinajstić information content (AvgIpc) is 3.13. The number of hydrogen-bond donors (Lipinski definition) is 1. The standard InChI is InChI=1S/C20H22N4O3/c1-15-9-12-22-24(15)17-7-5-16(6-8-17)19(26)27-13-18(25)23-20(14-21)10-3-2-4-11-20/h5-9,12H,2-4,10-11,13H2,1H3,(H,23,25). The van der Waals surface area contributed by atoms with Crippen LogP contribution in [0.4, 0.5) is 0 Å². The summed E-state index contributed by atoms with van der Waals surface area (Å²) in [4.78, 5) is 24.3. The third kappa shape index (κ3) is 4.34. The van der Waals surface area contributed by atoms with Gasteiger partial charge in [-0.05, 0) is 50.1 Å². The number of rotatable bonds is 5. The van der Waals surface area contributed by atoms with Crippen LogP contribution >= 0.6 is 0 Å². The molecule has 0 aliphatic heterocycles. The minimum absolute atomic E-state index is 0.351. The van der Waals surface area contributed by atoms with Crippen molar-refractivity contribution in [3.63, 3.8) is 0 Å². The second kappa shape index (κ2) is 8.04. The molecule has 1 aromatic carbocycles. The first kappa shape index (κ1) is 18.6. The SMILES string of the molecule is Cc1ccnn1-c1ccc(C(=O)OCC(=O)NC2(C#N)CCCCC2)cc1. The van der Waals surface area contributed by atoms with Crippen molar-refractivity contribution in [2.24, 2.45) is 0 Å². The van der Waals surface area contributed by atoms with Gasteiger partial charge < -0.3 is 10.1 Å². The van der Waals surface area contributed by atoms with E-state index in [1.165, 1.54) is 0 Å². The van der Waals surface area contributed by atoms with Crippen LogP contribution in [0.5, 0.6) is 0 Å². The molecule has 2 aromatic rings. The highest BCUT2D eigenvalue weighted by molar-refractivity contribution is 5.91. The molecule has 0 unspecified atom stereocenters. The number of benzene rings is 1. The summed E-state index contributed by atoms with van der Waals surface area (Å²) in [6.45, 7) is 1.54. The van der Waals surface area contributed by atoms with Gasteiger partial charge in [0.05, 0.1) is 17.3 Å². The van der Waals surface area contributed by atoms with E-state index in [0.717, 1.165) is 30.6 Å². The number of carbonyl (C=O) groups excluding carboxylic acids is 2. The summed E-state index contributed by atoms with van der Waals surface area (Å²) in [6, 6.07) is 10.9. The summed E-state index contributed by atoms with van der Waals surface area (Å²) >= 11 is 0. The Balaban J connectivity index is 1.55. The molecule has 0 saturated heterocycles. The lowest BCUT2D eigenvalue weighted by Crippen LogP contribution is -2.50. The minimum Gasteiger partial charge on any atom is -0.452 e. The van der Waals surface area contributed by atoms with Gasteiger partial charge in [-0.25, -0.2) is 9.48 Å². The lowest BCUT2D eigenvalue weighted by molar-refractivity contribution is -0.125. The molecule has 1 fully saturated rings. The van der Waals surface area contributed by atoms with E-state index in [-0.39, 0.29) is 0 Å². The Labute approximate surface area is 157 Å². The molecule has 1 aliphatic carbocycles. The zero-order chi connectivity index (χ0) is 19.3. The van der Waals surface area contributed by atoms with E-state index < -0.39 is 24.0 Å². The van der Waals surface area contributed by atoms with Crippen LogP contribution in [-0.2, 0) is 9.53 Å². The first-order valence-electron chi connectivity index (χ1n) is 9.03. The molecule has 27 heavy (non-hydrogen) atoms. The Morgan fingerprint density at radius 1 is 1.22 bits per heavy atom. The molecule has 0 radical (unpaired) electrons. The summed E-state index contributed by atoms with van der Waals surface area (Å²) in [5, 5.41) is 16.3. The molecule has 3 rings (SSSR count). The second-order valence-corrected chi connectivity index (χ2v) is 6.81. The Kier molecular flexibility index (Phi) is 5.55. The molecule has 7 nitrogen and oxygen atoms in total. The van der Waals surface area contributed by atoms with Crippen molar-refractivity contribution in [3.05, 3.63) is 47.8 Å². The largest absolute Gasteiger partial charge is 0.452 e. The highest BCUT2D eigenvalue weighted by atomic mass is 16.5. The monoisotopic (exact) mass is 366 g/mol. The second-order valence-electron chi connectivity index (χ2n) is 6.81. The smallest absolute Gasteiger partial charge is 0.338 e. The number of aryl methyl sites for hydroxylation is 1. The van der Waals surface area contributed by atoms with Crippen molar-refractivity contribution < 1.29 is 14.3 Å². The predicted octanol–water partition coefficient (Wildman–Crippen LogP) is 2.68. The lowest BCUT2D eigenvalue weighted by Gasteiger charge is -2.31. The Morgan fingerprint density at radius 3 is 2.52 bits per heavy atom. The fourth-order valence-corrected chi connectivity index (χ4v) is 3.32. The van der Waals surface area contributed by atoms with Crippen LogP contribution in [-0.4, -0.2) is 33.8 Å². The molecule has 1 amide bonds. The number of nitrogens with zero attached hydrogens (tertiary/aromatic N) is 3. The predicted molar refractivity (Wildman–Crippen MR) is 98.2 cm³/mol. The fraction of sp³-hybridized carbons (Fsp3) is 0.400. The molecule has 7 heteroatoms. The van der Waals surface area contributed by atoms with Gasteiger partial charge in [0, 0.05) is 11.9 Å². The number of amides is 1. The first-order chi connectivity index (χ1) is 13.0. The van der Waals surface area contributed by atoms with E-state index in [1.807, 2.05) is 13.0 Å². The molecule has 0 atom stereocenters. The van der Waals surface area contributed by atoms with Gasteiger partial charge in [-0.3, -0.25) is 4.79 Å². The maximum atomic E-state index is 12.2. The number of aromatic nitrogens is 2. The molecule has 1 aliphatic rings. The number of hydrogen-bond acceptors (Lipinski definition) is 5. The van der Waals surface area contributed by atoms with Crippen molar-refractivity contribution >= 4 is 11.9 Å². The van der Waals surface area contributed by atoms with Crippen molar-refractivity contribution in [1.82, 2.24) is 15.1 Å².